The summed E-state index contributed by atoms with van der Waals surface area (Å²) >= 11 is 0. The van der Waals surface area contributed by atoms with E-state index in [9.17, 15) is 0 Å². The molecule has 3 heteroatoms. The maximum absolute atomic E-state index is 4.18. The first-order valence-corrected chi connectivity index (χ1v) is 20.8. The molecule has 0 bridgehead atoms. The Labute approximate surface area is 384 Å². The fraction of sp³-hybridized carbons (Fsp3) is 0.455. The summed E-state index contributed by atoms with van der Waals surface area (Å²) in [6, 6.07) is 24.1. The van der Waals surface area contributed by atoms with E-state index in [1.165, 1.54) is 87.7 Å². The normalized spacial score (nSPS) is 14.1. The summed E-state index contributed by atoms with van der Waals surface area (Å²) in [6.45, 7) is 42.7. The molecule has 4 aromatic rings. The van der Waals surface area contributed by atoms with Gasteiger partial charge in [0.05, 0.1) is 0 Å². The summed E-state index contributed by atoms with van der Waals surface area (Å²) in [5.74, 6) is 0. The van der Waals surface area contributed by atoms with Crippen molar-refractivity contribution in [2.75, 3.05) is 0 Å². The van der Waals surface area contributed by atoms with Gasteiger partial charge >= 0.3 is 26.2 Å². The van der Waals surface area contributed by atoms with Gasteiger partial charge in [0.15, 0.2) is 0 Å². The van der Waals surface area contributed by atoms with Crippen LogP contribution < -0.4 is 35.3 Å². The van der Waals surface area contributed by atoms with Gasteiger partial charge in [-0.15, -0.1) is 33.4 Å². The molecule has 58 heavy (non-hydrogen) atoms. The first kappa shape index (κ1) is 49.9. The number of allylic oxidation sites excluding steroid dienone is 4. The van der Waals surface area contributed by atoms with E-state index in [1.54, 1.807) is 0 Å². The van der Waals surface area contributed by atoms with Gasteiger partial charge in [-0.05, 0) is 77.5 Å². The molecule has 6 rings (SSSR count). The molecule has 0 saturated carbocycles. The molecule has 0 nitrogen and oxygen atoms in total. The summed E-state index contributed by atoms with van der Waals surface area (Å²) in [5.41, 5.74) is 16.1. The minimum absolute atomic E-state index is 0. The van der Waals surface area contributed by atoms with Crippen molar-refractivity contribution in [1.29, 1.82) is 0 Å². The molecule has 2 aliphatic rings. The Morgan fingerprint density at radius 1 is 0.517 bits per heavy atom. The summed E-state index contributed by atoms with van der Waals surface area (Å²) in [7, 11) is 0. The van der Waals surface area contributed by atoms with Crippen molar-refractivity contribution in [2.24, 2.45) is 0 Å². The van der Waals surface area contributed by atoms with E-state index in [0.717, 1.165) is 6.42 Å². The Morgan fingerprint density at radius 3 is 1.31 bits per heavy atom. The largest absolute Gasteiger partial charge is 3.00 e. The number of halogens is 2. The summed E-state index contributed by atoms with van der Waals surface area (Å²) in [4.78, 5) is 0. The zero-order valence-electron chi connectivity index (χ0n) is 39.0. The summed E-state index contributed by atoms with van der Waals surface area (Å²) < 4.78 is 0. The van der Waals surface area contributed by atoms with Gasteiger partial charge in [0, 0.05) is 0 Å². The predicted octanol–water partition coefficient (Wildman–Crippen LogP) is 7.37. The number of fused-ring (bicyclic) bond motifs is 2. The van der Waals surface area contributed by atoms with Crippen LogP contribution >= 0.6 is 0 Å². The van der Waals surface area contributed by atoms with Crippen molar-refractivity contribution in [3.05, 3.63) is 155 Å². The first-order chi connectivity index (χ1) is 25.1. The van der Waals surface area contributed by atoms with Gasteiger partial charge in [-0.25, -0.2) is 0 Å². The Balaban J connectivity index is 0.00000300. The van der Waals surface area contributed by atoms with Gasteiger partial charge in [-0.3, -0.25) is 0 Å². The molecule has 0 heterocycles. The van der Waals surface area contributed by atoms with Gasteiger partial charge in [-0.1, -0.05) is 225 Å². The average molecular weight is 892 g/mol. The molecule has 0 spiro atoms. The number of hydrogen-bond acceptors (Lipinski definition) is 0. The zero-order chi connectivity index (χ0) is 40.8. The van der Waals surface area contributed by atoms with Crippen LogP contribution in [0.3, 0.4) is 0 Å². The van der Waals surface area contributed by atoms with Gasteiger partial charge < -0.3 is 24.8 Å². The molecule has 0 fully saturated rings. The number of benzene rings is 4. The predicted molar refractivity (Wildman–Crippen MR) is 241 cm³/mol. The molecule has 0 amide bonds. The van der Waals surface area contributed by atoms with E-state index in [4.69, 9.17) is 0 Å². The second-order valence-corrected chi connectivity index (χ2v) is 22.7. The maximum atomic E-state index is 4.18. The third-order valence-corrected chi connectivity index (χ3v) is 11.7. The minimum atomic E-state index is -0.169. The van der Waals surface area contributed by atoms with Crippen LogP contribution in [0.1, 0.15) is 187 Å². The molecule has 2 aliphatic carbocycles. The van der Waals surface area contributed by atoms with Crippen LogP contribution in [0.5, 0.6) is 0 Å². The standard InChI is InChI=1S/C55H69.2ClH.Zr/c1-50(2,3)38-27-23-35(24-28-38)44(36-25-29-39(30-26-36)51(4,5)6)47-46-40-33-43(53(10,11)12)42(52(7,8)9)32-37(40)31-41(46)45(34-21-19-20-22-34)48(54(13,14)15)49(47)55(16,17)18;;;/h19-21,23-30,32-33H,22H2,1-18H3;2*1H;/q-1;;;+3/p-2. The van der Waals surface area contributed by atoms with Crippen molar-refractivity contribution < 1.29 is 51.0 Å². The van der Waals surface area contributed by atoms with E-state index in [2.05, 4.69) is 210 Å². The molecule has 0 unspecified atom stereocenters. The monoisotopic (exact) mass is 889 g/mol. The van der Waals surface area contributed by atoms with Crippen molar-refractivity contribution in [3.8, 4) is 0 Å². The van der Waals surface area contributed by atoms with Crippen LogP contribution in [-0.4, -0.2) is 0 Å². The van der Waals surface area contributed by atoms with Crippen molar-refractivity contribution >= 4 is 17.2 Å². The molecular formula is C55H69Cl2Zr. The van der Waals surface area contributed by atoms with Crippen LogP contribution in [0.4, 0.5) is 0 Å². The molecule has 307 valence electrons. The molecule has 0 aromatic heterocycles. The maximum Gasteiger partial charge on any atom is 3.00 e. The van der Waals surface area contributed by atoms with Crippen LogP contribution in [0.25, 0.3) is 17.2 Å². The first-order valence-electron chi connectivity index (χ1n) is 20.8. The topological polar surface area (TPSA) is 0 Å². The quantitative estimate of drug-likeness (QED) is 0.166. The average Bonchev–Trinajstić information content (AvgIpc) is 3.70. The number of rotatable bonds is 3. The molecule has 0 saturated heterocycles. The third kappa shape index (κ3) is 9.54. The second kappa shape index (κ2) is 16.8. The molecule has 4 aromatic carbocycles. The van der Waals surface area contributed by atoms with Crippen molar-refractivity contribution in [2.45, 2.75) is 164 Å². The third-order valence-electron chi connectivity index (χ3n) is 11.7. The van der Waals surface area contributed by atoms with Gasteiger partial charge in [-0.2, -0.15) is 0 Å². The molecule has 0 aliphatic heterocycles. The summed E-state index contributed by atoms with van der Waals surface area (Å²) in [5, 5.41) is 5.25. The second-order valence-electron chi connectivity index (χ2n) is 22.7. The SMILES string of the molecule is CC(C)(C)c1ccc(C(c2ccc(C(C)(C)C)cc2)=c2c(C(C)(C)C)c(C(C)(C)C)c(C3=CC=CC3)c3c2=c2cc(C(C)(C)C)c(C(C)(C)C)cc2=[C-]3)cc1.[Cl-].[Cl-].[Zr+3]. The van der Waals surface area contributed by atoms with E-state index in [-0.39, 0.29) is 83.5 Å². The van der Waals surface area contributed by atoms with Crippen molar-refractivity contribution in [3.63, 3.8) is 0 Å². The molecule has 0 N–H and O–H groups in total. The van der Waals surface area contributed by atoms with Crippen molar-refractivity contribution in [1.82, 2.24) is 0 Å². The van der Waals surface area contributed by atoms with Gasteiger partial charge in [0.25, 0.3) is 0 Å². The Bertz CT molecular complexity index is 2390. The van der Waals surface area contributed by atoms with Crippen LogP contribution in [0.15, 0.2) is 78.9 Å². The Kier molecular flexibility index (Phi) is 14.5. The van der Waals surface area contributed by atoms with Crippen LogP contribution in [0, 0.1) is 10.4 Å². The Hall–Kier alpha value is -2.44. The molecule has 0 atom stereocenters. The fourth-order valence-corrected chi connectivity index (χ4v) is 8.86. The fourth-order valence-electron chi connectivity index (χ4n) is 8.86. The smallest absolute Gasteiger partial charge is 1.00 e. The zero-order valence-corrected chi connectivity index (χ0v) is 42.9. The van der Waals surface area contributed by atoms with E-state index < -0.39 is 0 Å². The van der Waals surface area contributed by atoms with E-state index >= 15 is 0 Å². The minimum Gasteiger partial charge on any atom is -1.00 e. The Morgan fingerprint density at radius 2 is 0.948 bits per heavy atom. The molecule has 1 radical (unpaired) electrons. The van der Waals surface area contributed by atoms with E-state index in [1.807, 2.05) is 0 Å². The van der Waals surface area contributed by atoms with Crippen LogP contribution in [-0.2, 0) is 58.7 Å². The van der Waals surface area contributed by atoms with E-state index in [0.29, 0.717) is 0 Å². The molecular weight excluding hydrogens is 823 g/mol. The van der Waals surface area contributed by atoms with Crippen LogP contribution in [0.2, 0.25) is 0 Å². The van der Waals surface area contributed by atoms with Gasteiger partial charge in [0.2, 0.25) is 0 Å². The number of hydrogen-bond donors (Lipinski definition) is 0. The summed E-state index contributed by atoms with van der Waals surface area (Å²) in [6.07, 6.45) is 12.1. The van der Waals surface area contributed by atoms with Gasteiger partial charge in [0.1, 0.15) is 0 Å².